The lowest BCUT2D eigenvalue weighted by Crippen LogP contribution is -2.50. The first-order valence-corrected chi connectivity index (χ1v) is 8.91. The van der Waals surface area contributed by atoms with E-state index in [9.17, 15) is 4.79 Å². The second-order valence-corrected chi connectivity index (χ2v) is 7.05. The molecule has 1 N–H and O–H groups in total. The van der Waals surface area contributed by atoms with Gasteiger partial charge in [0.05, 0.1) is 12.6 Å². The van der Waals surface area contributed by atoms with E-state index in [1.807, 2.05) is 31.2 Å². The molecule has 0 radical (unpaired) electrons. The van der Waals surface area contributed by atoms with Gasteiger partial charge < -0.3 is 4.98 Å². The maximum atomic E-state index is 12.8. The van der Waals surface area contributed by atoms with Crippen LogP contribution in [0.3, 0.4) is 0 Å². The maximum Gasteiger partial charge on any atom is 0.331 e. The lowest BCUT2D eigenvalue weighted by atomic mass is 10.2. The highest BCUT2D eigenvalue weighted by Crippen LogP contribution is 2.33. The van der Waals surface area contributed by atoms with Crippen molar-refractivity contribution in [2.75, 3.05) is 18.0 Å². The van der Waals surface area contributed by atoms with Gasteiger partial charge in [0.2, 0.25) is 0 Å². The number of rotatable bonds is 3. The van der Waals surface area contributed by atoms with Crippen molar-refractivity contribution in [3.63, 3.8) is 0 Å². The molecule has 2 aliphatic rings. The number of anilines is 1. The highest BCUT2D eigenvalue weighted by atomic mass is 79.9. The summed E-state index contributed by atoms with van der Waals surface area (Å²) in [4.78, 5) is 29.0. The number of aromatic nitrogens is 2. The summed E-state index contributed by atoms with van der Waals surface area (Å²) in [5.41, 5.74) is 1.82. The van der Waals surface area contributed by atoms with Crippen molar-refractivity contribution >= 4 is 46.0 Å². The summed E-state index contributed by atoms with van der Waals surface area (Å²) in [6.45, 7) is 5.36. The fourth-order valence-electron chi connectivity index (χ4n) is 3.16. The second-order valence-electron chi connectivity index (χ2n) is 6.14. The Labute approximate surface area is 160 Å². The SMILES string of the molecule is CCCN1C(=O)N2CC(C)N=C2c2[nH]c(-c3ccc(Br)cc3)nc21.Cl. The van der Waals surface area contributed by atoms with Crippen molar-refractivity contribution < 1.29 is 4.79 Å². The standard InChI is InChI=1S/C17H18BrN5O.ClH/c1-3-8-22-16-13(15-19-10(2)9-23(15)17(22)24)20-14(21-16)11-4-6-12(18)7-5-11;/h4-7,10H,3,8-9H2,1-2H3,(H,20,21);1H. The number of fused-ring (bicyclic) bond motifs is 3. The molecule has 2 aliphatic heterocycles. The fourth-order valence-corrected chi connectivity index (χ4v) is 3.42. The Balaban J connectivity index is 0.00000182. The molecule has 6 nitrogen and oxygen atoms in total. The Morgan fingerprint density at radius 1 is 1.32 bits per heavy atom. The fraction of sp³-hybridized carbons (Fsp3) is 0.353. The van der Waals surface area contributed by atoms with Crippen LogP contribution in [0.25, 0.3) is 11.4 Å². The van der Waals surface area contributed by atoms with Crippen LogP contribution in [0.15, 0.2) is 33.7 Å². The van der Waals surface area contributed by atoms with Gasteiger partial charge in [-0.25, -0.2) is 9.78 Å². The minimum absolute atomic E-state index is 0. The summed E-state index contributed by atoms with van der Waals surface area (Å²) in [5, 5.41) is 0. The Morgan fingerprint density at radius 2 is 2.04 bits per heavy atom. The van der Waals surface area contributed by atoms with Gasteiger partial charge in [0.25, 0.3) is 0 Å². The van der Waals surface area contributed by atoms with Crippen LogP contribution in [0.4, 0.5) is 10.6 Å². The highest BCUT2D eigenvalue weighted by molar-refractivity contribution is 9.10. The van der Waals surface area contributed by atoms with Gasteiger partial charge in [0.1, 0.15) is 11.5 Å². The Morgan fingerprint density at radius 3 is 2.72 bits per heavy atom. The lowest BCUT2D eigenvalue weighted by molar-refractivity contribution is 0.227. The molecule has 132 valence electrons. The molecule has 4 rings (SSSR count). The van der Waals surface area contributed by atoms with Crippen LogP contribution in [-0.2, 0) is 0 Å². The Bertz CT molecular complexity index is 832. The Kier molecular flexibility index (Phi) is 4.88. The molecular formula is C17H19BrClN5O. The summed E-state index contributed by atoms with van der Waals surface area (Å²) in [5.74, 6) is 2.15. The summed E-state index contributed by atoms with van der Waals surface area (Å²) in [7, 11) is 0. The van der Waals surface area contributed by atoms with Crippen LogP contribution in [0.1, 0.15) is 26.0 Å². The molecule has 0 saturated carbocycles. The number of hydrogen-bond acceptors (Lipinski definition) is 3. The van der Waals surface area contributed by atoms with Gasteiger partial charge in [-0.1, -0.05) is 35.0 Å². The van der Waals surface area contributed by atoms with E-state index in [1.165, 1.54) is 0 Å². The number of H-pyrrole nitrogens is 1. The number of urea groups is 1. The van der Waals surface area contributed by atoms with E-state index < -0.39 is 0 Å². The van der Waals surface area contributed by atoms with E-state index in [2.05, 4.69) is 32.8 Å². The van der Waals surface area contributed by atoms with E-state index in [1.54, 1.807) is 9.80 Å². The maximum absolute atomic E-state index is 12.8. The third-order valence-corrected chi connectivity index (χ3v) is 4.76. The average Bonchev–Trinajstić information content (AvgIpc) is 3.16. The monoisotopic (exact) mass is 423 g/mol. The van der Waals surface area contributed by atoms with Crippen LogP contribution in [0.5, 0.6) is 0 Å². The molecule has 8 heteroatoms. The predicted molar refractivity (Wildman–Crippen MR) is 105 cm³/mol. The average molecular weight is 425 g/mol. The number of halogens is 2. The molecule has 1 aromatic carbocycles. The first kappa shape index (κ1) is 17.9. The van der Waals surface area contributed by atoms with Gasteiger partial charge in [0.15, 0.2) is 11.7 Å². The molecule has 0 aliphatic carbocycles. The van der Waals surface area contributed by atoms with E-state index in [0.717, 1.165) is 28.0 Å². The van der Waals surface area contributed by atoms with Crippen molar-refractivity contribution in [1.82, 2.24) is 14.9 Å². The van der Waals surface area contributed by atoms with Crippen LogP contribution in [0, 0.1) is 0 Å². The number of nitrogens with zero attached hydrogens (tertiary/aromatic N) is 4. The number of amides is 2. The van der Waals surface area contributed by atoms with Crippen molar-refractivity contribution in [3.05, 3.63) is 34.4 Å². The van der Waals surface area contributed by atoms with Crippen molar-refractivity contribution in [2.24, 2.45) is 4.99 Å². The number of carbonyl (C=O) groups is 1. The highest BCUT2D eigenvalue weighted by Gasteiger charge is 2.41. The molecule has 3 heterocycles. The molecule has 2 aromatic rings. The number of benzene rings is 1. The van der Waals surface area contributed by atoms with Crippen molar-refractivity contribution in [1.29, 1.82) is 0 Å². The zero-order chi connectivity index (χ0) is 16.8. The molecule has 1 unspecified atom stereocenters. The molecule has 0 fully saturated rings. The Hall–Kier alpha value is -1.86. The smallest absolute Gasteiger partial charge is 0.331 e. The molecule has 0 spiro atoms. The third kappa shape index (κ3) is 2.95. The van der Waals surface area contributed by atoms with Gasteiger partial charge in [-0.2, -0.15) is 0 Å². The largest absolute Gasteiger partial charge is 0.334 e. The van der Waals surface area contributed by atoms with E-state index >= 15 is 0 Å². The van der Waals surface area contributed by atoms with Crippen molar-refractivity contribution in [3.8, 4) is 11.4 Å². The zero-order valence-corrected chi connectivity index (χ0v) is 16.4. The molecule has 1 aromatic heterocycles. The number of amidine groups is 1. The van der Waals surface area contributed by atoms with Crippen LogP contribution in [-0.4, -0.2) is 45.9 Å². The number of nitrogens with one attached hydrogen (secondary N) is 1. The first-order valence-electron chi connectivity index (χ1n) is 8.11. The number of aliphatic imine (C=N–C) groups is 1. The van der Waals surface area contributed by atoms with Gasteiger partial charge in [-0.3, -0.25) is 14.8 Å². The molecule has 0 saturated heterocycles. The minimum atomic E-state index is -0.0266. The second kappa shape index (κ2) is 6.80. The van der Waals surface area contributed by atoms with Gasteiger partial charge in [-0.05, 0) is 25.5 Å². The molecule has 2 amide bonds. The molecular weight excluding hydrogens is 406 g/mol. The summed E-state index contributed by atoms with van der Waals surface area (Å²) in [6, 6.07) is 8.04. The third-order valence-electron chi connectivity index (χ3n) is 4.24. The first-order chi connectivity index (χ1) is 11.6. The quantitative estimate of drug-likeness (QED) is 0.807. The summed E-state index contributed by atoms with van der Waals surface area (Å²) in [6.07, 6.45) is 0.877. The van der Waals surface area contributed by atoms with Gasteiger partial charge in [-0.15, -0.1) is 12.4 Å². The van der Waals surface area contributed by atoms with E-state index in [0.29, 0.717) is 24.7 Å². The predicted octanol–water partition coefficient (Wildman–Crippen LogP) is 4.06. The normalized spacial score (nSPS) is 18.6. The van der Waals surface area contributed by atoms with Crippen LogP contribution >= 0.6 is 28.3 Å². The summed E-state index contributed by atoms with van der Waals surface area (Å²) < 4.78 is 1.02. The summed E-state index contributed by atoms with van der Waals surface area (Å²) >= 11 is 3.45. The van der Waals surface area contributed by atoms with Crippen LogP contribution < -0.4 is 4.90 Å². The lowest BCUT2D eigenvalue weighted by Gasteiger charge is -2.32. The molecule has 1 atom stereocenters. The topological polar surface area (TPSA) is 64.6 Å². The van der Waals surface area contributed by atoms with Gasteiger partial charge in [0, 0.05) is 16.6 Å². The zero-order valence-electron chi connectivity index (χ0n) is 14.0. The van der Waals surface area contributed by atoms with Crippen LogP contribution in [0.2, 0.25) is 0 Å². The van der Waals surface area contributed by atoms with E-state index in [4.69, 9.17) is 4.98 Å². The number of carbonyl (C=O) groups excluding carboxylic acids is 1. The molecule has 0 bridgehead atoms. The van der Waals surface area contributed by atoms with Gasteiger partial charge >= 0.3 is 6.03 Å². The number of aromatic amines is 1. The number of hydrogen-bond donors (Lipinski definition) is 1. The van der Waals surface area contributed by atoms with Crippen molar-refractivity contribution in [2.45, 2.75) is 26.3 Å². The number of imidazole rings is 1. The minimum Gasteiger partial charge on any atom is -0.334 e. The van der Waals surface area contributed by atoms with E-state index in [-0.39, 0.29) is 24.5 Å². The molecule has 25 heavy (non-hydrogen) atoms.